The molecule has 8 heteroatoms. The number of aromatic hydroxyl groups is 2. The van der Waals surface area contributed by atoms with E-state index in [1.807, 2.05) is 27.7 Å². The van der Waals surface area contributed by atoms with Crippen molar-refractivity contribution < 1.29 is 30.0 Å². The number of aliphatic hydroxyl groups is 2. The molecule has 0 radical (unpaired) electrons. The van der Waals surface area contributed by atoms with Crippen LogP contribution in [0, 0.1) is 10.8 Å². The maximum atomic E-state index is 13.1. The average molecular weight is 573 g/mol. The van der Waals surface area contributed by atoms with E-state index in [-0.39, 0.29) is 82.2 Å². The van der Waals surface area contributed by atoms with Gasteiger partial charge < -0.3 is 20.4 Å². The molecule has 8 nitrogen and oxygen atoms in total. The third-order valence-electron chi connectivity index (χ3n) is 7.63. The summed E-state index contributed by atoms with van der Waals surface area (Å²) in [6, 6.07) is 13.2. The van der Waals surface area contributed by atoms with E-state index in [2.05, 4.69) is 9.98 Å². The van der Waals surface area contributed by atoms with E-state index in [1.165, 1.54) is 12.1 Å². The molecule has 2 fully saturated rings. The second kappa shape index (κ2) is 12.3. The minimum absolute atomic E-state index is 0.00536. The van der Waals surface area contributed by atoms with Crippen LogP contribution in [0.3, 0.4) is 0 Å². The number of hydrogen-bond acceptors (Lipinski definition) is 8. The Hall–Kier alpha value is -4.20. The normalized spacial score (nSPS) is 22.9. The Balaban J connectivity index is 1.53. The monoisotopic (exact) mass is 572 g/mol. The zero-order valence-electron chi connectivity index (χ0n) is 24.8. The highest BCUT2D eigenvalue weighted by molar-refractivity contribution is 6.26. The lowest BCUT2D eigenvalue weighted by molar-refractivity contribution is -0.118. The van der Waals surface area contributed by atoms with Gasteiger partial charge in [-0.2, -0.15) is 0 Å². The molecule has 0 spiro atoms. The zero-order chi connectivity index (χ0) is 30.7. The highest BCUT2D eigenvalue weighted by Crippen LogP contribution is 2.39. The van der Waals surface area contributed by atoms with Gasteiger partial charge in [0.15, 0.2) is 11.6 Å². The van der Waals surface area contributed by atoms with Crippen molar-refractivity contribution in [3.8, 4) is 11.5 Å². The van der Waals surface area contributed by atoms with Gasteiger partial charge >= 0.3 is 0 Å². The number of nitrogens with zero attached hydrogens (tertiary/aromatic N) is 2. The van der Waals surface area contributed by atoms with E-state index in [0.29, 0.717) is 48.5 Å². The van der Waals surface area contributed by atoms with Crippen molar-refractivity contribution in [2.45, 2.75) is 79.1 Å². The van der Waals surface area contributed by atoms with Crippen LogP contribution in [0.4, 0.5) is 11.4 Å². The second-order valence-electron chi connectivity index (χ2n) is 12.8. The van der Waals surface area contributed by atoms with Crippen LogP contribution in [-0.2, 0) is 9.59 Å². The SMILES string of the molecule is CC1(C)CC(=O)/C(=C(/O)CCCC/C(O)=C2\C(=O)CC(C)(C)CC2=Nc2ccccc2O)C(=Nc2ccccc2O)C1. The van der Waals surface area contributed by atoms with Crippen molar-refractivity contribution in [1.82, 2.24) is 0 Å². The molecule has 0 saturated heterocycles. The number of carbonyl (C=O) groups excluding carboxylic acids is 2. The summed E-state index contributed by atoms with van der Waals surface area (Å²) < 4.78 is 0. The van der Waals surface area contributed by atoms with Crippen molar-refractivity contribution in [2.75, 3.05) is 0 Å². The van der Waals surface area contributed by atoms with Gasteiger partial charge in [-0.3, -0.25) is 9.59 Å². The molecular formula is C34H40N2O6. The molecule has 2 aliphatic carbocycles. The molecule has 0 unspecified atom stereocenters. The van der Waals surface area contributed by atoms with E-state index in [4.69, 9.17) is 0 Å². The Morgan fingerprint density at radius 2 is 1.00 bits per heavy atom. The molecule has 2 aromatic rings. The molecule has 0 atom stereocenters. The van der Waals surface area contributed by atoms with Crippen LogP contribution < -0.4 is 0 Å². The molecule has 0 aliphatic heterocycles. The van der Waals surface area contributed by atoms with Crippen LogP contribution in [0.2, 0.25) is 0 Å². The highest BCUT2D eigenvalue weighted by Gasteiger charge is 2.37. The minimum Gasteiger partial charge on any atom is -0.511 e. The second-order valence-corrected chi connectivity index (χ2v) is 12.8. The number of phenols is 2. The number of unbranched alkanes of at least 4 members (excludes halogenated alkanes) is 1. The lowest BCUT2D eigenvalue weighted by atomic mass is 9.73. The molecule has 42 heavy (non-hydrogen) atoms. The third-order valence-corrected chi connectivity index (χ3v) is 7.63. The quantitative estimate of drug-likeness (QED) is 0.151. The van der Waals surface area contributed by atoms with Crippen molar-refractivity contribution in [3.05, 3.63) is 71.2 Å². The van der Waals surface area contributed by atoms with Crippen molar-refractivity contribution in [1.29, 1.82) is 0 Å². The van der Waals surface area contributed by atoms with Gasteiger partial charge in [0, 0.05) is 25.7 Å². The summed E-state index contributed by atoms with van der Waals surface area (Å²) in [5.41, 5.74) is 1.28. The number of ketones is 2. The predicted molar refractivity (Wildman–Crippen MR) is 164 cm³/mol. The van der Waals surface area contributed by atoms with Gasteiger partial charge in [-0.25, -0.2) is 9.98 Å². The summed E-state index contributed by atoms with van der Waals surface area (Å²) in [7, 11) is 0. The number of allylic oxidation sites excluding steroid dienone is 4. The van der Waals surface area contributed by atoms with E-state index >= 15 is 0 Å². The number of aliphatic hydroxyl groups excluding tert-OH is 2. The molecule has 0 heterocycles. The smallest absolute Gasteiger partial charge is 0.168 e. The minimum atomic E-state index is -0.334. The third kappa shape index (κ3) is 7.35. The molecule has 2 aliphatic rings. The number of Topliss-reactive ketones (excluding diaryl/α,β-unsaturated/α-hetero) is 2. The molecule has 0 aromatic heterocycles. The lowest BCUT2D eigenvalue weighted by Crippen LogP contribution is -2.32. The molecule has 2 saturated carbocycles. The number of carbonyl (C=O) groups is 2. The maximum absolute atomic E-state index is 13.1. The van der Waals surface area contributed by atoms with Crippen LogP contribution in [-0.4, -0.2) is 43.4 Å². The summed E-state index contributed by atoms with van der Waals surface area (Å²) in [4.78, 5) is 35.3. The number of benzene rings is 2. The first-order valence-corrected chi connectivity index (χ1v) is 14.4. The first-order valence-electron chi connectivity index (χ1n) is 14.4. The largest absolute Gasteiger partial charge is 0.511 e. The average Bonchev–Trinajstić information content (AvgIpc) is 2.87. The van der Waals surface area contributed by atoms with Gasteiger partial charge in [-0.15, -0.1) is 0 Å². The van der Waals surface area contributed by atoms with E-state index in [0.717, 1.165) is 0 Å². The van der Waals surface area contributed by atoms with Crippen LogP contribution in [0.15, 0.2) is 81.2 Å². The zero-order valence-corrected chi connectivity index (χ0v) is 24.8. The molecule has 222 valence electrons. The van der Waals surface area contributed by atoms with Gasteiger partial charge in [-0.05, 0) is 60.8 Å². The number of para-hydroxylation sites is 4. The molecule has 0 amide bonds. The molecule has 0 bridgehead atoms. The Labute approximate surface area is 246 Å². The summed E-state index contributed by atoms with van der Waals surface area (Å²) >= 11 is 0. The van der Waals surface area contributed by atoms with Crippen LogP contribution in [0.25, 0.3) is 0 Å². The van der Waals surface area contributed by atoms with Crippen molar-refractivity contribution >= 4 is 34.4 Å². The first-order chi connectivity index (χ1) is 19.8. The standard InChI is InChI=1S/C34H40N2O6/c1-33(2)17-23(35-21-11-5-7-13-25(21)37)31(29(41)19-33)27(39)15-9-10-16-28(40)32-24(18-34(3,4)20-30(32)42)36-22-12-6-8-14-26(22)38/h5-8,11-14,37-40H,9-10,15-20H2,1-4H3/b31-27+,32-28+,35-23?,36-24?. The summed E-state index contributed by atoms with van der Waals surface area (Å²) in [6.07, 6.45) is 2.80. The summed E-state index contributed by atoms with van der Waals surface area (Å²) in [5.74, 6) is -0.515. The number of rotatable bonds is 7. The van der Waals surface area contributed by atoms with E-state index in [1.54, 1.807) is 36.4 Å². The van der Waals surface area contributed by atoms with E-state index < -0.39 is 0 Å². The summed E-state index contributed by atoms with van der Waals surface area (Å²) in [6.45, 7) is 7.89. The predicted octanol–water partition coefficient (Wildman–Crippen LogP) is 7.91. The first kappa shape index (κ1) is 30.8. The van der Waals surface area contributed by atoms with Crippen LogP contribution in [0.5, 0.6) is 11.5 Å². The van der Waals surface area contributed by atoms with Crippen LogP contribution >= 0.6 is 0 Å². The number of hydrogen-bond donors (Lipinski definition) is 4. The summed E-state index contributed by atoms with van der Waals surface area (Å²) in [5, 5.41) is 42.5. The van der Waals surface area contributed by atoms with Gasteiger partial charge in [-0.1, -0.05) is 52.0 Å². The lowest BCUT2D eigenvalue weighted by Gasteiger charge is -2.31. The molecule has 4 N–H and O–H groups in total. The molecule has 2 aromatic carbocycles. The topological polar surface area (TPSA) is 140 Å². The maximum Gasteiger partial charge on any atom is 0.168 e. The number of aliphatic imine (C=N–C) groups is 2. The number of phenolic OH excluding ortho intramolecular Hbond substituents is 2. The van der Waals surface area contributed by atoms with Gasteiger partial charge in [0.1, 0.15) is 34.4 Å². The Morgan fingerprint density at radius 1 is 0.643 bits per heavy atom. The Morgan fingerprint density at radius 3 is 1.36 bits per heavy atom. The van der Waals surface area contributed by atoms with Gasteiger partial charge in [0.25, 0.3) is 0 Å². The highest BCUT2D eigenvalue weighted by atomic mass is 16.3. The fraction of sp³-hybridized carbons (Fsp3) is 0.412. The van der Waals surface area contributed by atoms with E-state index in [9.17, 15) is 30.0 Å². The Bertz CT molecular complexity index is 1400. The van der Waals surface area contributed by atoms with Crippen molar-refractivity contribution in [2.24, 2.45) is 20.8 Å². The fourth-order valence-electron chi connectivity index (χ4n) is 5.67. The Kier molecular flexibility index (Phi) is 9.04. The molecule has 4 rings (SSSR count). The van der Waals surface area contributed by atoms with Crippen LogP contribution in [0.1, 0.15) is 79.1 Å². The van der Waals surface area contributed by atoms with Gasteiger partial charge in [0.2, 0.25) is 0 Å². The van der Waals surface area contributed by atoms with Gasteiger partial charge in [0.05, 0.1) is 22.6 Å². The fourth-order valence-corrected chi connectivity index (χ4v) is 5.67. The molecular weight excluding hydrogens is 532 g/mol. The van der Waals surface area contributed by atoms with Crippen molar-refractivity contribution in [3.63, 3.8) is 0 Å².